The zero-order chi connectivity index (χ0) is 20.3. The lowest BCUT2D eigenvalue weighted by molar-refractivity contribution is -0.140. The van der Waals surface area contributed by atoms with Crippen molar-refractivity contribution in [3.05, 3.63) is 36.2 Å². The zero-order valence-electron chi connectivity index (χ0n) is 16.9. The Balaban J connectivity index is 1.15. The van der Waals surface area contributed by atoms with Crippen LogP contribution in [0.5, 0.6) is 0 Å². The molecule has 1 saturated heterocycles. The van der Waals surface area contributed by atoms with Gasteiger partial charge in [0.15, 0.2) is 0 Å². The summed E-state index contributed by atoms with van der Waals surface area (Å²) >= 11 is 0. The van der Waals surface area contributed by atoms with Gasteiger partial charge in [0.1, 0.15) is 0 Å². The third-order valence-electron chi connectivity index (χ3n) is 7.72. The van der Waals surface area contributed by atoms with Gasteiger partial charge in [-0.1, -0.05) is 23.3 Å². The molecule has 5 aliphatic rings. The molecule has 7 rings (SSSR count). The van der Waals surface area contributed by atoms with Crippen molar-refractivity contribution in [2.24, 2.45) is 23.2 Å². The van der Waals surface area contributed by atoms with Gasteiger partial charge < -0.3 is 9.32 Å². The number of nitrogens with zero attached hydrogens (tertiary/aromatic N) is 3. The van der Waals surface area contributed by atoms with E-state index in [1.165, 1.54) is 19.3 Å². The summed E-state index contributed by atoms with van der Waals surface area (Å²) in [6, 6.07) is 9.77. The largest absolute Gasteiger partial charge is 0.407 e. The van der Waals surface area contributed by atoms with Gasteiger partial charge >= 0.3 is 6.01 Å². The third kappa shape index (κ3) is 2.94. The lowest BCUT2D eigenvalue weighted by Crippen LogP contribution is -2.51. The second kappa shape index (κ2) is 6.65. The molecule has 30 heavy (non-hydrogen) atoms. The van der Waals surface area contributed by atoms with Crippen LogP contribution in [0.1, 0.15) is 56.8 Å². The molecule has 1 unspecified atom stereocenters. The van der Waals surface area contributed by atoms with Gasteiger partial charge in [0.2, 0.25) is 17.7 Å². The van der Waals surface area contributed by atoms with Crippen LogP contribution >= 0.6 is 0 Å². The van der Waals surface area contributed by atoms with Crippen molar-refractivity contribution < 1.29 is 14.0 Å². The maximum atomic E-state index is 13.2. The van der Waals surface area contributed by atoms with Crippen molar-refractivity contribution in [1.82, 2.24) is 10.2 Å². The van der Waals surface area contributed by atoms with Crippen LogP contribution in [0.4, 0.5) is 11.7 Å². The van der Waals surface area contributed by atoms with Crippen LogP contribution < -0.4 is 10.2 Å². The Hall–Kier alpha value is -2.70. The Bertz CT molecular complexity index is 950. The fraction of sp³-hybridized carbons (Fsp3) is 0.565. The standard InChI is InChI=1S/C23H26N4O3/c28-19-9-17(13-27(19)18-4-2-1-3-5-18)20-25-26-22(30-20)24-21(29)23-10-14-6-15(11-23)8-16(7-14)12-23/h1-5,14-17H,6-13H2,(H,24,26,29). The molecule has 2 amide bonds. The van der Waals surface area contributed by atoms with E-state index >= 15 is 0 Å². The minimum absolute atomic E-state index is 0.0450. The Morgan fingerprint density at radius 2 is 1.70 bits per heavy atom. The first-order valence-electron chi connectivity index (χ1n) is 11.1. The molecule has 1 atom stereocenters. The van der Waals surface area contributed by atoms with Gasteiger partial charge in [-0.3, -0.25) is 14.9 Å². The van der Waals surface area contributed by atoms with E-state index in [-0.39, 0.29) is 29.2 Å². The minimum Gasteiger partial charge on any atom is -0.407 e. The van der Waals surface area contributed by atoms with Crippen LogP contribution in [0, 0.1) is 23.2 Å². The number of amides is 2. The van der Waals surface area contributed by atoms with Crippen molar-refractivity contribution in [2.45, 2.75) is 50.9 Å². The van der Waals surface area contributed by atoms with Gasteiger partial charge in [-0.25, -0.2) is 0 Å². The Labute approximate surface area is 175 Å². The van der Waals surface area contributed by atoms with Crippen LogP contribution in [0.15, 0.2) is 34.7 Å². The van der Waals surface area contributed by atoms with E-state index in [2.05, 4.69) is 15.5 Å². The molecule has 1 aromatic heterocycles. The number of hydrogen-bond donors (Lipinski definition) is 1. The molecule has 1 aliphatic heterocycles. The topological polar surface area (TPSA) is 88.3 Å². The van der Waals surface area contributed by atoms with Gasteiger partial charge in [-0.2, -0.15) is 0 Å². The summed E-state index contributed by atoms with van der Waals surface area (Å²) in [4.78, 5) is 27.4. The number of benzene rings is 1. The highest BCUT2D eigenvalue weighted by Crippen LogP contribution is 2.60. The summed E-state index contributed by atoms with van der Waals surface area (Å²) in [5, 5.41) is 11.1. The molecule has 156 valence electrons. The maximum absolute atomic E-state index is 13.2. The lowest BCUT2D eigenvalue weighted by Gasteiger charge is -2.55. The van der Waals surface area contributed by atoms with Gasteiger partial charge in [-0.15, -0.1) is 5.10 Å². The van der Waals surface area contributed by atoms with Crippen molar-refractivity contribution >= 4 is 23.5 Å². The number of para-hydroxylation sites is 1. The second-order valence-corrected chi connectivity index (χ2v) is 9.84. The predicted octanol–water partition coefficient (Wildman–Crippen LogP) is 3.75. The van der Waals surface area contributed by atoms with Crippen LogP contribution in [0.2, 0.25) is 0 Å². The Morgan fingerprint density at radius 1 is 1.03 bits per heavy atom. The average molecular weight is 406 g/mol. The third-order valence-corrected chi connectivity index (χ3v) is 7.72. The molecule has 1 N–H and O–H groups in total. The van der Waals surface area contributed by atoms with E-state index in [0.717, 1.165) is 24.9 Å². The Morgan fingerprint density at radius 3 is 2.37 bits per heavy atom. The monoisotopic (exact) mass is 406 g/mol. The average Bonchev–Trinajstić information content (AvgIpc) is 3.34. The summed E-state index contributed by atoms with van der Waals surface area (Å²) in [6.45, 7) is 0.507. The normalized spacial score (nSPS) is 34.5. The number of nitrogens with one attached hydrogen (secondary N) is 1. The van der Waals surface area contributed by atoms with Crippen LogP contribution in [0.3, 0.4) is 0 Å². The summed E-state index contributed by atoms with van der Waals surface area (Å²) in [5.41, 5.74) is 0.622. The smallest absolute Gasteiger partial charge is 0.322 e. The summed E-state index contributed by atoms with van der Waals surface area (Å²) < 4.78 is 5.80. The lowest BCUT2D eigenvalue weighted by atomic mass is 9.49. The van der Waals surface area contributed by atoms with Crippen molar-refractivity contribution in [3.8, 4) is 0 Å². The number of aromatic nitrogens is 2. The molecule has 2 aromatic rings. The highest BCUT2D eigenvalue weighted by molar-refractivity contribution is 5.96. The van der Waals surface area contributed by atoms with Gasteiger partial charge in [-0.05, 0) is 68.4 Å². The van der Waals surface area contributed by atoms with E-state index in [9.17, 15) is 9.59 Å². The van der Waals surface area contributed by atoms with Crippen LogP contribution in [-0.2, 0) is 9.59 Å². The fourth-order valence-corrected chi connectivity index (χ4v) is 6.80. The number of rotatable bonds is 4. The Kier molecular flexibility index (Phi) is 4.01. The van der Waals surface area contributed by atoms with Crippen molar-refractivity contribution in [2.75, 3.05) is 16.8 Å². The van der Waals surface area contributed by atoms with Gasteiger partial charge in [0.05, 0.1) is 11.3 Å². The summed E-state index contributed by atoms with van der Waals surface area (Å²) in [6.07, 6.45) is 7.21. The van der Waals surface area contributed by atoms with E-state index < -0.39 is 0 Å². The fourth-order valence-electron chi connectivity index (χ4n) is 6.80. The van der Waals surface area contributed by atoms with Gasteiger partial charge in [0.25, 0.3) is 0 Å². The molecule has 7 heteroatoms. The maximum Gasteiger partial charge on any atom is 0.322 e. The van der Waals surface area contributed by atoms with E-state index in [4.69, 9.17) is 4.42 Å². The summed E-state index contributed by atoms with van der Waals surface area (Å²) in [5.74, 6) is 2.46. The van der Waals surface area contributed by atoms with E-state index in [1.807, 2.05) is 30.3 Å². The second-order valence-electron chi connectivity index (χ2n) is 9.84. The quantitative estimate of drug-likeness (QED) is 0.835. The summed E-state index contributed by atoms with van der Waals surface area (Å²) in [7, 11) is 0. The van der Waals surface area contributed by atoms with E-state index in [0.29, 0.717) is 36.6 Å². The molecule has 1 aromatic carbocycles. The number of hydrogen-bond acceptors (Lipinski definition) is 5. The van der Waals surface area contributed by atoms with Crippen LogP contribution in [0.25, 0.3) is 0 Å². The minimum atomic E-state index is -0.253. The molecule has 4 bridgehead atoms. The molecule has 7 nitrogen and oxygen atoms in total. The highest BCUT2D eigenvalue weighted by Gasteiger charge is 2.54. The number of carbonyl (C=O) groups is 2. The number of carbonyl (C=O) groups excluding carboxylic acids is 2. The molecule has 4 saturated carbocycles. The van der Waals surface area contributed by atoms with Crippen molar-refractivity contribution in [3.63, 3.8) is 0 Å². The predicted molar refractivity (Wildman–Crippen MR) is 110 cm³/mol. The molecule has 0 radical (unpaired) electrons. The molecule has 4 aliphatic carbocycles. The first-order valence-corrected chi connectivity index (χ1v) is 11.1. The first-order chi connectivity index (χ1) is 14.6. The first kappa shape index (κ1) is 18.1. The highest BCUT2D eigenvalue weighted by atomic mass is 16.4. The molecule has 2 heterocycles. The van der Waals surface area contributed by atoms with Gasteiger partial charge in [0, 0.05) is 18.7 Å². The zero-order valence-corrected chi connectivity index (χ0v) is 16.9. The molecule has 0 spiro atoms. The molecular weight excluding hydrogens is 380 g/mol. The molecule has 5 fully saturated rings. The SMILES string of the molecule is O=C1CC(c2nnc(NC(=O)C34CC5CC(CC(C5)C3)C4)o2)CN1c1ccccc1. The number of anilines is 2. The van der Waals surface area contributed by atoms with Crippen LogP contribution in [-0.4, -0.2) is 28.6 Å². The van der Waals surface area contributed by atoms with Crippen molar-refractivity contribution in [1.29, 1.82) is 0 Å². The van der Waals surface area contributed by atoms with E-state index in [1.54, 1.807) is 4.90 Å². The molecular formula is C23H26N4O3.